The number of primary amides is 1. The maximum Gasteiger partial charge on any atom is 0.314 e. The molecule has 4 nitrogen and oxygen atoms in total. The molecule has 2 N–H and O–H groups in total. The van der Waals surface area contributed by atoms with Gasteiger partial charge in [0.15, 0.2) is 6.10 Å². The predicted molar refractivity (Wildman–Crippen MR) is 64.2 cm³/mol. The summed E-state index contributed by atoms with van der Waals surface area (Å²) in [6, 6.07) is 9.34. The third-order valence-electron chi connectivity index (χ3n) is 2.59. The van der Waals surface area contributed by atoms with Crippen molar-refractivity contribution in [3.63, 3.8) is 0 Å². The summed E-state index contributed by atoms with van der Waals surface area (Å²) in [5.41, 5.74) is 5.93. The Morgan fingerprint density at radius 3 is 2.35 bits per heavy atom. The Balaban J connectivity index is 2.75. The van der Waals surface area contributed by atoms with E-state index in [-0.39, 0.29) is 5.92 Å². The molecular weight excluding hydrogens is 218 g/mol. The van der Waals surface area contributed by atoms with Crippen LogP contribution in [-0.4, -0.2) is 18.0 Å². The second-order valence-corrected chi connectivity index (χ2v) is 3.85. The minimum Gasteiger partial charge on any atom is -0.452 e. The van der Waals surface area contributed by atoms with Crippen LogP contribution in [-0.2, 0) is 14.3 Å². The number of amides is 1. The molecule has 0 bridgehead atoms. The molecule has 0 saturated heterocycles. The Kier molecular flexibility index (Phi) is 4.69. The van der Waals surface area contributed by atoms with Crippen molar-refractivity contribution in [3.05, 3.63) is 35.9 Å². The van der Waals surface area contributed by atoms with Crippen LogP contribution in [0.25, 0.3) is 0 Å². The maximum atomic E-state index is 11.9. The van der Waals surface area contributed by atoms with Crippen molar-refractivity contribution in [2.45, 2.75) is 32.3 Å². The highest BCUT2D eigenvalue weighted by molar-refractivity contribution is 5.84. The van der Waals surface area contributed by atoms with Crippen molar-refractivity contribution in [2.75, 3.05) is 0 Å². The number of ether oxygens (including phenoxy) is 1. The number of benzene rings is 1. The molecule has 0 aliphatic carbocycles. The highest BCUT2D eigenvalue weighted by Gasteiger charge is 2.23. The van der Waals surface area contributed by atoms with Crippen LogP contribution in [0.15, 0.2) is 30.3 Å². The fraction of sp³-hybridized carbons (Fsp3) is 0.385. The summed E-state index contributed by atoms with van der Waals surface area (Å²) in [5, 5.41) is 0. The largest absolute Gasteiger partial charge is 0.452 e. The number of nitrogens with two attached hydrogens (primary N) is 1. The summed E-state index contributed by atoms with van der Waals surface area (Å²) in [7, 11) is 0. The lowest BCUT2D eigenvalue weighted by Gasteiger charge is -2.16. The molecule has 0 radical (unpaired) electrons. The molecule has 0 aliphatic rings. The first-order valence-corrected chi connectivity index (χ1v) is 5.61. The monoisotopic (exact) mass is 235 g/mol. The first-order chi connectivity index (χ1) is 8.06. The van der Waals surface area contributed by atoms with Crippen molar-refractivity contribution < 1.29 is 14.3 Å². The summed E-state index contributed by atoms with van der Waals surface area (Å²) in [6.45, 7) is 3.37. The van der Waals surface area contributed by atoms with E-state index >= 15 is 0 Å². The summed E-state index contributed by atoms with van der Waals surface area (Å²) in [4.78, 5) is 22.7. The van der Waals surface area contributed by atoms with Crippen molar-refractivity contribution in [1.82, 2.24) is 0 Å². The Bertz CT molecular complexity index is 389. The van der Waals surface area contributed by atoms with Crippen LogP contribution in [0, 0.1) is 0 Å². The number of carbonyl (C=O) groups excluding carboxylic acids is 2. The van der Waals surface area contributed by atoms with Crippen LogP contribution in [0.5, 0.6) is 0 Å². The molecule has 4 heteroatoms. The Morgan fingerprint density at radius 2 is 1.88 bits per heavy atom. The van der Waals surface area contributed by atoms with Gasteiger partial charge in [0.1, 0.15) is 0 Å². The minimum atomic E-state index is -0.889. The zero-order chi connectivity index (χ0) is 12.8. The van der Waals surface area contributed by atoms with Crippen LogP contribution in [0.4, 0.5) is 0 Å². The van der Waals surface area contributed by atoms with Crippen LogP contribution in [0.1, 0.15) is 31.7 Å². The lowest BCUT2D eigenvalue weighted by Crippen LogP contribution is -2.32. The van der Waals surface area contributed by atoms with E-state index in [0.717, 1.165) is 5.56 Å². The van der Waals surface area contributed by atoms with Gasteiger partial charge in [-0.1, -0.05) is 37.3 Å². The first kappa shape index (κ1) is 13.2. The van der Waals surface area contributed by atoms with Gasteiger partial charge in [0.05, 0.1) is 5.92 Å². The van der Waals surface area contributed by atoms with Gasteiger partial charge in [-0.05, 0) is 18.9 Å². The summed E-state index contributed by atoms with van der Waals surface area (Å²) < 4.78 is 5.01. The molecule has 0 heterocycles. The topological polar surface area (TPSA) is 69.4 Å². The standard InChI is InChI=1S/C13H17NO3/c1-3-11(10-7-5-4-6-8-10)13(16)17-9(2)12(14)15/h4-9,11H,3H2,1-2H3,(H2,14,15)/t9-,11+/m0/s1. The highest BCUT2D eigenvalue weighted by Crippen LogP contribution is 2.21. The smallest absolute Gasteiger partial charge is 0.314 e. The fourth-order valence-corrected chi connectivity index (χ4v) is 1.54. The van der Waals surface area contributed by atoms with E-state index in [2.05, 4.69) is 0 Å². The van der Waals surface area contributed by atoms with Gasteiger partial charge < -0.3 is 10.5 Å². The molecule has 0 saturated carbocycles. The Hall–Kier alpha value is -1.84. The summed E-state index contributed by atoms with van der Waals surface area (Å²) in [5.74, 6) is -1.40. The lowest BCUT2D eigenvalue weighted by atomic mass is 9.97. The van der Waals surface area contributed by atoms with Crippen molar-refractivity contribution >= 4 is 11.9 Å². The van der Waals surface area contributed by atoms with Crippen LogP contribution in [0.3, 0.4) is 0 Å². The fourth-order valence-electron chi connectivity index (χ4n) is 1.54. The van der Waals surface area contributed by atoms with Crippen molar-refractivity contribution in [2.24, 2.45) is 5.73 Å². The zero-order valence-corrected chi connectivity index (χ0v) is 10.1. The van der Waals surface area contributed by atoms with Gasteiger partial charge in [-0.25, -0.2) is 0 Å². The van der Waals surface area contributed by atoms with Gasteiger partial charge in [-0.2, -0.15) is 0 Å². The number of esters is 1. The molecule has 0 unspecified atom stereocenters. The Morgan fingerprint density at radius 1 is 1.29 bits per heavy atom. The van der Waals surface area contributed by atoms with Crippen LogP contribution in [0.2, 0.25) is 0 Å². The number of hydrogen-bond acceptors (Lipinski definition) is 3. The van der Waals surface area contributed by atoms with Gasteiger partial charge in [0, 0.05) is 0 Å². The van der Waals surface area contributed by atoms with Crippen LogP contribution >= 0.6 is 0 Å². The summed E-state index contributed by atoms with van der Waals surface area (Å²) in [6.07, 6.45) is -0.269. The molecule has 0 spiro atoms. The molecule has 92 valence electrons. The average molecular weight is 235 g/mol. The molecule has 1 rings (SSSR count). The summed E-state index contributed by atoms with van der Waals surface area (Å²) >= 11 is 0. The van der Waals surface area contributed by atoms with Crippen molar-refractivity contribution in [1.29, 1.82) is 0 Å². The highest BCUT2D eigenvalue weighted by atomic mass is 16.5. The zero-order valence-electron chi connectivity index (χ0n) is 10.1. The molecule has 1 amide bonds. The molecule has 1 aromatic rings. The number of hydrogen-bond donors (Lipinski definition) is 1. The molecule has 1 aromatic carbocycles. The molecule has 2 atom stereocenters. The van der Waals surface area contributed by atoms with E-state index in [9.17, 15) is 9.59 Å². The van der Waals surface area contributed by atoms with Crippen molar-refractivity contribution in [3.8, 4) is 0 Å². The average Bonchev–Trinajstić information content (AvgIpc) is 2.31. The molecule has 17 heavy (non-hydrogen) atoms. The third-order valence-corrected chi connectivity index (χ3v) is 2.59. The van der Waals surface area contributed by atoms with Gasteiger partial charge in [0.25, 0.3) is 5.91 Å². The minimum absolute atomic E-state index is 0.349. The number of carbonyl (C=O) groups is 2. The second kappa shape index (κ2) is 6.03. The SMILES string of the molecule is CC[C@@H](C(=O)O[C@@H](C)C(N)=O)c1ccccc1. The van der Waals surface area contributed by atoms with E-state index in [1.807, 2.05) is 37.3 Å². The van der Waals surface area contributed by atoms with E-state index in [4.69, 9.17) is 10.5 Å². The molecular formula is C13H17NO3. The van der Waals surface area contributed by atoms with E-state index < -0.39 is 18.0 Å². The van der Waals surface area contributed by atoms with Gasteiger partial charge in [0.2, 0.25) is 0 Å². The molecule has 0 fully saturated rings. The molecule has 0 aliphatic heterocycles. The second-order valence-electron chi connectivity index (χ2n) is 3.85. The van der Waals surface area contributed by atoms with Crippen LogP contribution < -0.4 is 5.73 Å². The third kappa shape index (κ3) is 3.59. The van der Waals surface area contributed by atoms with E-state index in [0.29, 0.717) is 6.42 Å². The van der Waals surface area contributed by atoms with E-state index in [1.54, 1.807) is 0 Å². The lowest BCUT2D eigenvalue weighted by molar-refractivity contribution is -0.155. The normalized spacial score (nSPS) is 13.8. The van der Waals surface area contributed by atoms with Gasteiger partial charge >= 0.3 is 5.97 Å². The molecule has 0 aromatic heterocycles. The maximum absolute atomic E-state index is 11.9. The van der Waals surface area contributed by atoms with E-state index in [1.165, 1.54) is 6.92 Å². The van der Waals surface area contributed by atoms with Gasteiger partial charge in [-0.15, -0.1) is 0 Å². The predicted octanol–water partition coefficient (Wildman–Crippen LogP) is 1.60. The quantitative estimate of drug-likeness (QED) is 0.788. The first-order valence-electron chi connectivity index (χ1n) is 5.61. The van der Waals surface area contributed by atoms with Gasteiger partial charge in [-0.3, -0.25) is 9.59 Å². The number of rotatable bonds is 5. The Labute approximate surface area is 101 Å².